The predicted octanol–water partition coefficient (Wildman–Crippen LogP) is 1.63. The average Bonchev–Trinajstić information content (AvgIpc) is 2.70. The second-order valence-corrected chi connectivity index (χ2v) is 6.33. The fourth-order valence-electron chi connectivity index (χ4n) is 3.00. The van der Waals surface area contributed by atoms with Gasteiger partial charge in [0.05, 0.1) is 24.8 Å². The molecule has 1 saturated heterocycles. The number of nitrogens with one attached hydrogen (secondary N) is 2. The molecule has 2 N–H and O–H groups in total. The van der Waals surface area contributed by atoms with Crippen molar-refractivity contribution >= 4 is 11.9 Å². The van der Waals surface area contributed by atoms with Gasteiger partial charge in [-0.15, -0.1) is 0 Å². The number of morpholine rings is 1. The van der Waals surface area contributed by atoms with E-state index in [9.17, 15) is 4.79 Å². The Bertz CT molecular complexity index is 712. The average molecular weight is 355 g/mol. The highest BCUT2D eigenvalue weighted by molar-refractivity contribution is 5.93. The van der Waals surface area contributed by atoms with Crippen molar-refractivity contribution in [3.05, 3.63) is 53.3 Å². The molecule has 7 heteroatoms. The van der Waals surface area contributed by atoms with Gasteiger partial charge in [0.2, 0.25) is 5.95 Å². The van der Waals surface area contributed by atoms with E-state index in [1.165, 1.54) is 23.5 Å². The molecule has 2 aromatic rings. The number of aromatic nitrogens is 2. The highest BCUT2D eigenvalue weighted by atomic mass is 16.5. The Morgan fingerprint density at radius 2 is 1.85 bits per heavy atom. The van der Waals surface area contributed by atoms with Crippen LogP contribution in [0.5, 0.6) is 0 Å². The molecule has 1 aromatic heterocycles. The molecule has 138 valence electrons. The summed E-state index contributed by atoms with van der Waals surface area (Å²) in [5.41, 5.74) is 2.87. The summed E-state index contributed by atoms with van der Waals surface area (Å²) in [5.74, 6) is 0.324. The standard InChI is InChI=1S/C19H25N5O2/c1-14-3-5-15(6-4-14)17(24-7-9-26-10-8-24)13-21-18(25)16-11-22-19(20-2)23-12-16/h3-6,11-12,17H,7-10,13H2,1-2H3,(H,21,25)(H,20,22,23)/t17-/m1/s1. The molecule has 1 amide bonds. The maximum Gasteiger partial charge on any atom is 0.254 e. The lowest BCUT2D eigenvalue weighted by Gasteiger charge is -2.35. The van der Waals surface area contributed by atoms with Crippen LogP contribution in [-0.4, -0.2) is 60.7 Å². The Hall–Kier alpha value is -2.51. The van der Waals surface area contributed by atoms with E-state index in [0.717, 1.165) is 26.3 Å². The smallest absolute Gasteiger partial charge is 0.254 e. The molecule has 1 atom stereocenters. The topological polar surface area (TPSA) is 79.4 Å². The molecule has 1 fully saturated rings. The SMILES string of the molecule is CNc1ncc(C(=O)NC[C@H](c2ccc(C)cc2)N2CCOCC2)cn1. The molecule has 1 aromatic carbocycles. The monoisotopic (exact) mass is 355 g/mol. The first kappa shape index (κ1) is 18.3. The Morgan fingerprint density at radius 3 is 2.46 bits per heavy atom. The summed E-state index contributed by atoms with van der Waals surface area (Å²) in [6, 6.07) is 8.59. The van der Waals surface area contributed by atoms with Crippen LogP contribution in [0.3, 0.4) is 0 Å². The van der Waals surface area contributed by atoms with Crippen LogP contribution in [-0.2, 0) is 4.74 Å². The number of hydrogen-bond acceptors (Lipinski definition) is 6. The van der Waals surface area contributed by atoms with Crippen molar-refractivity contribution in [1.82, 2.24) is 20.2 Å². The van der Waals surface area contributed by atoms with Gasteiger partial charge in [-0.1, -0.05) is 29.8 Å². The summed E-state index contributed by atoms with van der Waals surface area (Å²) >= 11 is 0. The van der Waals surface area contributed by atoms with Crippen molar-refractivity contribution in [2.45, 2.75) is 13.0 Å². The van der Waals surface area contributed by atoms with E-state index in [4.69, 9.17) is 4.74 Å². The Kier molecular flexibility index (Phi) is 6.14. The molecule has 26 heavy (non-hydrogen) atoms. The summed E-state index contributed by atoms with van der Waals surface area (Å²) in [7, 11) is 1.74. The van der Waals surface area contributed by atoms with Gasteiger partial charge in [-0.05, 0) is 12.5 Å². The van der Waals surface area contributed by atoms with Gasteiger partial charge >= 0.3 is 0 Å². The van der Waals surface area contributed by atoms with E-state index < -0.39 is 0 Å². The van der Waals surface area contributed by atoms with Crippen LogP contribution in [0.4, 0.5) is 5.95 Å². The first-order valence-corrected chi connectivity index (χ1v) is 8.83. The molecule has 1 aliphatic heterocycles. The van der Waals surface area contributed by atoms with Crippen molar-refractivity contribution in [2.24, 2.45) is 0 Å². The Balaban J connectivity index is 1.70. The zero-order valence-electron chi connectivity index (χ0n) is 15.2. The third-order valence-corrected chi connectivity index (χ3v) is 4.54. The zero-order valence-corrected chi connectivity index (χ0v) is 15.2. The first-order chi connectivity index (χ1) is 12.7. The predicted molar refractivity (Wildman–Crippen MR) is 100 cm³/mol. The van der Waals surface area contributed by atoms with Gasteiger partial charge < -0.3 is 15.4 Å². The number of aryl methyl sites for hydroxylation is 1. The van der Waals surface area contributed by atoms with Crippen LogP contribution in [0.15, 0.2) is 36.7 Å². The van der Waals surface area contributed by atoms with Crippen LogP contribution < -0.4 is 10.6 Å². The maximum absolute atomic E-state index is 12.5. The van der Waals surface area contributed by atoms with Gasteiger partial charge in [-0.2, -0.15) is 0 Å². The second-order valence-electron chi connectivity index (χ2n) is 6.33. The Morgan fingerprint density at radius 1 is 1.19 bits per heavy atom. The number of benzene rings is 1. The number of rotatable bonds is 6. The normalized spacial score (nSPS) is 16.1. The van der Waals surface area contributed by atoms with Gasteiger partial charge in [0.1, 0.15) is 0 Å². The zero-order chi connectivity index (χ0) is 18.4. The summed E-state index contributed by atoms with van der Waals surface area (Å²) in [6.07, 6.45) is 3.06. The highest BCUT2D eigenvalue weighted by Crippen LogP contribution is 2.22. The Labute approximate surface area is 153 Å². The van der Waals surface area contributed by atoms with Crippen LogP contribution in [0.1, 0.15) is 27.5 Å². The van der Waals surface area contributed by atoms with E-state index in [1.54, 1.807) is 7.05 Å². The molecule has 3 rings (SSSR count). The number of hydrogen-bond donors (Lipinski definition) is 2. The number of amides is 1. The fourth-order valence-corrected chi connectivity index (χ4v) is 3.00. The summed E-state index contributed by atoms with van der Waals surface area (Å²) in [4.78, 5) is 23.0. The van der Waals surface area contributed by atoms with E-state index in [-0.39, 0.29) is 11.9 Å². The van der Waals surface area contributed by atoms with E-state index in [0.29, 0.717) is 18.1 Å². The molecule has 0 saturated carbocycles. The lowest BCUT2D eigenvalue weighted by Crippen LogP contribution is -2.43. The summed E-state index contributed by atoms with van der Waals surface area (Å²) in [5, 5.41) is 5.87. The van der Waals surface area contributed by atoms with E-state index in [1.807, 2.05) is 0 Å². The van der Waals surface area contributed by atoms with Gasteiger partial charge in [0.15, 0.2) is 0 Å². The van der Waals surface area contributed by atoms with Gasteiger partial charge in [0.25, 0.3) is 5.91 Å². The molecule has 0 bridgehead atoms. The summed E-state index contributed by atoms with van der Waals surface area (Å²) in [6.45, 7) is 5.74. The van der Waals surface area contributed by atoms with E-state index in [2.05, 4.69) is 56.7 Å². The minimum atomic E-state index is -0.168. The molecule has 1 aliphatic rings. The molecule has 2 heterocycles. The maximum atomic E-state index is 12.5. The quantitative estimate of drug-likeness (QED) is 0.820. The fraction of sp³-hybridized carbons (Fsp3) is 0.421. The number of carbonyl (C=O) groups is 1. The molecular weight excluding hydrogens is 330 g/mol. The van der Waals surface area contributed by atoms with Crippen molar-refractivity contribution < 1.29 is 9.53 Å². The molecule has 0 spiro atoms. The lowest BCUT2D eigenvalue weighted by atomic mass is 10.0. The largest absolute Gasteiger partial charge is 0.379 e. The van der Waals surface area contributed by atoms with Crippen LogP contribution in [0, 0.1) is 6.92 Å². The van der Waals surface area contributed by atoms with Crippen molar-refractivity contribution in [1.29, 1.82) is 0 Å². The number of ether oxygens (including phenoxy) is 1. The molecule has 0 aliphatic carbocycles. The first-order valence-electron chi connectivity index (χ1n) is 8.83. The summed E-state index contributed by atoms with van der Waals surface area (Å²) < 4.78 is 5.47. The van der Waals surface area contributed by atoms with Gasteiger partial charge in [0, 0.05) is 39.1 Å². The van der Waals surface area contributed by atoms with Gasteiger partial charge in [-0.25, -0.2) is 9.97 Å². The van der Waals surface area contributed by atoms with E-state index >= 15 is 0 Å². The van der Waals surface area contributed by atoms with Crippen LogP contribution in [0.25, 0.3) is 0 Å². The minimum Gasteiger partial charge on any atom is -0.379 e. The molecule has 0 unspecified atom stereocenters. The van der Waals surface area contributed by atoms with Crippen molar-refractivity contribution in [3.63, 3.8) is 0 Å². The van der Waals surface area contributed by atoms with Gasteiger partial charge in [-0.3, -0.25) is 9.69 Å². The lowest BCUT2D eigenvalue weighted by molar-refractivity contribution is 0.0162. The number of nitrogens with zero attached hydrogens (tertiary/aromatic N) is 3. The second kappa shape index (κ2) is 8.73. The minimum absolute atomic E-state index is 0.112. The molecule has 7 nitrogen and oxygen atoms in total. The number of carbonyl (C=O) groups excluding carboxylic acids is 1. The highest BCUT2D eigenvalue weighted by Gasteiger charge is 2.23. The van der Waals surface area contributed by atoms with Crippen molar-refractivity contribution in [2.75, 3.05) is 45.2 Å². The molecule has 0 radical (unpaired) electrons. The van der Waals surface area contributed by atoms with Crippen LogP contribution >= 0.6 is 0 Å². The van der Waals surface area contributed by atoms with Crippen LogP contribution in [0.2, 0.25) is 0 Å². The number of anilines is 1. The third kappa shape index (κ3) is 4.56. The molecular formula is C19H25N5O2. The third-order valence-electron chi connectivity index (χ3n) is 4.54. The van der Waals surface area contributed by atoms with Crippen molar-refractivity contribution in [3.8, 4) is 0 Å².